The van der Waals surface area contributed by atoms with Crippen LogP contribution in [0.3, 0.4) is 0 Å². The molecule has 1 aromatic rings. The van der Waals surface area contributed by atoms with E-state index in [2.05, 4.69) is 10.3 Å². The van der Waals surface area contributed by atoms with Gasteiger partial charge in [0.1, 0.15) is 0 Å². The summed E-state index contributed by atoms with van der Waals surface area (Å²) in [6.45, 7) is 1.86. The molecule has 0 atom stereocenters. The fourth-order valence-electron chi connectivity index (χ4n) is 2.32. The number of carbonyl (C=O) groups is 2. The molecule has 0 bridgehead atoms. The summed E-state index contributed by atoms with van der Waals surface area (Å²) in [4.78, 5) is 29.5. The van der Waals surface area contributed by atoms with E-state index in [0.717, 1.165) is 18.4 Å². The van der Waals surface area contributed by atoms with E-state index in [1.54, 1.807) is 17.3 Å². The molecule has 6 nitrogen and oxygen atoms in total. The second-order valence-corrected chi connectivity index (χ2v) is 5.36. The van der Waals surface area contributed by atoms with Crippen LogP contribution in [0.2, 0.25) is 0 Å². The number of hydrogen-bond donors (Lipinski definition) is 2. The van der Waals surface area contributed by atoms with Crippen molar-refractivity contribution in [2.75, 3.05) is 13.1 Å². The molecule has 114 valence electrons. The standard InChI is InChI=1S/C15H22N4O2/c16-13-5-8-19(9-6-13)15(21)4-3-14(20)18-11-12-2-1-7-17-10-12/h1-2,7,10,13H,3-6,8-9,11,16H2,(H,18,20). The molecule has 1 fully saturated rings. The van der Waals surface area contributed by atoms with Crippen molar-refractivity contribution in [1.82, 2.24) is 15.2 Å². The monoisotopic (exact) mass is 290 g/mol. The Balaban J connectivity index is 1.65. The van der Waals surface area contributed by atoms with Crippen molar-refractivity contribution in [2.45, 2.75) is 38.3 Å². The molecule has 0 radical (unpaired) electrons. The highest BCUT2D eigenvalue weighted by molar-refractivity contribution is 5.83. The van der Waals surface area contributed by atoms with Gasteiger partial charge in [-0.25, -0.2) is 0 Å². The van der Waals surface area contributed by atoms with Crippen LogP contribution in [0.1, 0.15) is 31.2 Å². The molecule has 1 aliphatic heterocycles. The van der Waals surface area contributed by atoms with E-state index in [4.69, 9.17) is 5.73 Å². The SMILES string of the molecule is NC1CCN(C(=O)CCC(=O)NCc2cccnc2)CC1. The van der Waals surface area contributed by atoms with Crippen molar-refractivity contribution in [2.24, 2.45) is 5.73 Å². The molecule has 2 amide bonds. The molecule has 0 aliphatic carbocycles. The fraction of sp³-hybridized carbons (Fsp3) is 0.533. The average molecular weight is 290 g/mol. The van der Waals surface area contributed by atoms with E-state index >= 15 is 0 Å². The first-order valence-corrected chi connectivity index (χ1v) is 7.34. The molecule has 1 aliphatic rings. The van der Waals surface area contributed by atoms with Gasteiger partial charge in [-0.05, 0) is 24.5 Å². The minimum atomic E-state index is -0.110. The highest BCUT2D eigenvalue weighted by atomic mass is 16.2. The number of likely N-dealkylation sites (tertiary alicyclic amines) is 1. The second kappa shape index (κ2) is 7.73. The van der Waals surface area contributed by atoms with Gasteiger partial charge >= 0.3 is 0 Å². The van der Waals surface area contributed by atoms with Crippen molar-refractivity contribution in [3.63, 3.8) is 0 Å². The predicted octanol–water partition coefficient (Wildman–Crippen LogP) is 0.428. The largest absolute Gasteiger partial charge is 0.352 e. The van der Waals surface area contributed by atoms with Gasteiger partial charge in [-0.2, -0.15) is 0 Å². The average Bonchev–Trinajstić information content (AvgIpc) is 2.52. The molecule has 3 N–H and O–H groups in total. The summed E-state index contributed by atoms with van der Waals surface area (Å²) in [5.41, 5.74) is 6.75. The number of carbonyl (C=O) groups excluding carboxylic acids is 2. The third kappa shape index (κ3) is 5.15. The molecule has 2 rings (SSSR count). The maximum atomic E-state index is 12.0. The lowest BCUT2D eigenvalue weighted by atomic mass is 10.1. The van der Waals surface area contributed by atoms with Gasteiger partial charge in [-0.1, -0.05) is 6.07 Å². The van der Waals surface area contributed by atoms with E-state index in [0.29, 0.717) is 19.6 Å². The van der Waals surface area contributed by atoms with Gasteiger partial charge in [0, 0.05) is 50.9 Å². The summed E-state index contributed by atoms with van der Waals surface area (Å²) >= 11 is 0. The zero-order valence-corrected chi connectivity index (χ0v) is 12.1. The fourth-order valence-corrected chi connectivity index (χ4v) is 2.32. The molecule has 0 spiro atoms. The first kappa shape index (κ1) is 15.4. The molecular formula is C15H22N4O2. The molecular weight excluding hydrogens is 268 g/mol. The molecule has 21 heavy (non-hydrogen) atoms. The van der Waals surface area contributed by atoms with Gasteiger partial charge in [-0.3, -0.25) is 14.6 Å². The Labute approximate surface area is 124 Å². The maximum absolute atomic E-state index is 12.0. The molecule has 0 unspecified atom stereocenters. The number of aromatic nitrogens is 1. The number of rotatable bonds is 5. The lowest BCUT2D eigenvalue weighted by molar-refractivity contribution is -0.134. The minimum Gasteiger partial charge on any atom is -0.352 e. The summed E-state index contributed by atoms with van der Waals surface area (Å²) in [5, 5.41) is 2.79. The van der Waals surface area contributed by atoms with Crippen molar-refractivity contribution in [3.8, 4) is 0 Å². The van der Waals surface area contributed by atoms with E-state index in [1.165, 1.54) is 0 Å². The van der Waals surface area contributed by atoms with Crippen molar-refractivity contribution in [1.29, 1.82) is 0 Å². The van der Waals surface area contributed by atoms with Gasteiger partial charge in [0.2, 0.25) is 11.8 Å². The summed E-state index contributed by atoms with van der Waals surface area (Å²) in [6, 6.07) is 3.93. The molecule has 2 heterocycles. The van der Waals surface area contributed by atoms with Crippen LogP contribution in [0.15, 0.2) is 24.5 Å². The number of amides is 2. The normalized spacial score (nSPS) is 15.8. The zero-order chi connectivity index (χ0) is 15.1. The number of nitrogens with zero attached hydrogens (tertiary/aromatic N) is 2. The van der Waals surface area contributed by atoms with Crippen molar-refractivity contribution in [3.05, 3.63) is 30.1 Å². The van der Waals surface area contributed by atoms with E-state index in [1.807, 2.05) is 12.1 Å². The van der Waals surface area contributed by atoms with Crippen molar-refractivity contribution >= 4 is 11.8 Å². The number of pyridine rings is 1. The first-order chi connectivity index (χ1) is 10.1. The third-order valence-electron chi connectivity index (χ3n) is 3.67. The zero-order valence-electron chi connectivity index (χ0n) is 12.1. The summed E-state index contributed by atoms with van der Waals surface area (Å²) < 4.78 is 0. The van der Waals surface area contributed by atoms with Crippen LogP contribution < -0.4 is 11.1 Å². The highest BCUT2D eigenvalue weighted by Gasteiger charge is 2.20. The lowest BCUT2D eigenvalue weighted by Crippen LogP contribution is -2.43. The van der Waals surface area contributed by atoms with E-state index in [-0.39, 0.29) is 30.7 Å². The Morgan fingerprint density at radius 2 is 2.10 bits per heavy atom. The van der Waals surface area contributed by atoms with Gasteiger partial charge in [-0.15, -0.1) is 0 Å². The number of nitrogens with two attached hydrogens (primary N) is 1. The smallest absolute Gasteiger partial charge is 0.223 e. The van der Waals surface area contributed by atoms with Crippen LogP contribution >= 0.6 is 0 Å². The Hall–Kier alpha value is -1.95. The Morgan fingerprint density at radius 3 is 2.76 bits per heavy atom. The Kier molecular flexibility index (Phi) is 5.68. The number of nitrogens with one attached hydrogen (secondary N) is 1. The predicted molar refractivity (Wildman–Crippen MR) is 79.1 cm³/mol. The van der Waals surface area contributed by atoms with Crippen LogP contribution in [-0.4, -0.2) is 40.8 Å². The quantitative estimate of drug-likeness (QED) is 0.823. The van der Waals surface area contributed by atoms with Crippen LogP contribution in [0.4, 0.5) is 0 Å². The van der Waals surface area contributed by atoms with Gasteiger partial charge in [0.15, 0.2) is 0 Å². The van der Waals surface area contributed by atoms with Crippen LogP contribution in [-0.2, 0) is 16.1 Å². The molecule has 1 aromatic heterocycles. The third-order valence-corrected chi connectivity index (χ3v) is 3.67. The van der Waals surface area contributed by atoms with E-state index in [9.17, 15) is 9.59 Å². The van der Waals surface area contributed by atoms with Gasteiger partial charge < -0.3 is 16.0 Å². The van der Waals surface area contributed by atoms with Gasteiger partial charge in [0.05, 0.1) is 0 Å². The number of hydrogen-bond acceptors (Lipinski definition) is 4. The summed E-state index contributed by atoms with van der Waals surface area (Å²) in [5.74, 6) is -0.0701. The Morgan fingerprint density at radius 1 is 1.33 bits per heavy atom. The number of piperidine rings is 1. The lowest BCUT2D eigenvalue weighted by Gasteiger charge is -2.30. The van der Waals surface area contributed by atoms with Crippen LogP contribution in [0, 0.1) is 0 Å². The topological polar surface area (TPSA) is 88.3 Å². The van der Waals surface area contributed by atoms with E-state index < -0.39 is 0 Å². The minimum absolute atomic E-state index is 0.0402. The Bertz CT molecular complexity index is 470. The maximum Gasteiger partial charge on any atom is 0.223 e. The molecule has 1 saturated heterocycles. The second-order valence-electron chi connectivity index (χ2n) is 5.36. The molecule has 6 heteroatoms. The van der Waals surface area contributed by atoms with Crippen LogP contribution in [0.5, 0.6) is 0 Å². The summed E-state index contributed by atoms with van der Waals surface area (Å²) in [6.07, 6.45) is 5.57. The molecule has 0 aromatic carbocycles. The highest BCUT2D eigenvalue weighted by Crippen LogP contribution is 2.10. The summed E-state index contributed by atoms with van der Waals surface area (Å²) in [7, 11) is 0. The van der Waals surface area contributed by atoms with Crippen LogP contribution in [0.25, 0.3) is 0 Å². The molecule has 0 saturated carbocycles. The van der Waals surface area contributed by atoms with Crippen molar-refractivity contribution < 1.29 is 9.59 Å². The first-order valence-electron chi connectivity index (χ1n) is 7.34. The van der Waals surface area contributed by atoms with Gasteiger partial charge in [0.25, 0.3) is 0 Å².